The molecule has 3 nitrogen and oxygen atoms in total. The highest BCUT2D eigenvalue weighted by Crippen LogP contribution is 2.26. The molecule has 2 N–H and O–H groups in total. The Balaban J connectivity index is 2.18. The number of anilines is 2. The molecule has 0 saturated carbocycles. The molecule has 0 aliphatic carbocycles. The molecular formula is C15H15BrN2O. The standard InChI is InChI=1S/C15H15BrN2O/c1-10-4-3-5-13(14(10)16)18-15(19)11-6-8-12(17-2)9-7-11/h3-9,17H,1-2H3,(H,18,19). The molecule has 0 atom stereocenters. The monoisotopic (exact) mass is 318 g/mol. The Bertz CT molecular complexity index is 594. The normalized spacial score (nSPS) is 10.1. The van der Waals surface area contributed by atoms with Crippen molar-refractivity contribution >= 4 is 33.2 Å². The zero-order valence-electron chi connectivity index (χ0n) is 10.8. The second-order valence-corrected chi connectivity index (χ2v) is 5.01. The minimum absolute atomic E-state index is 0.117. The van der Waals surface area contributed by atoms with E-state index < -0.39 is 0 Å². The summed E-state index contributed by atoms with van der Waals surface area (Å²) in [5.74, 6) is -0.117. The molecule has 0 unspecified atom stereocenters. The van der Waals surface area contributed by atoms with Gasteiger partial charge in [-0.05, 0) is 58.7 Å². The van der Waals surface area contributed by atoms with Crippen LogP contribution >= 0.6 is 15.9 Å². The minimum atomic E-state index is -0.117. The highest BCUT2D eigenvalue weighted by atomic mass is 79.9. The van der Waals surface area contributed by atoms with Gasteiger partial charge in [-0.15, -0.1) is 0 Å². The molecule has 0 bridgehead atoms. The van der Waals surface area contributed by atoms with Gasteiger partial charge in [0.05, 0.1) is 5.69 Å². The zero-order chi connectivity index (χ0) is 13.8. The fraction of sp³-hybridized carbons (Fsp3) is 0.133. The molecule has 2 aromatic rings. The van der Waals surface area contributed by atoms with E-state index in [9.17, 15) is 4.79 Å². The van der Waals surface area contributed by atoms with Gasteiger partial charge in [0.1, 0.15) is 0 Å². The summed E-state index contributed by atoms with van der Waals surface area (Å²) in [6.07, 6.45) is 0. The summed E-state index contributed by atoms with van der Waals surface area (Å²) in [7, 11) is 1.85. The zero-order valence-corrected chi connectivity index (χ0v) is 12.4. The molecule has 1 amide bonds. The predicted molar refractivity (Wildman–Crippen MR) is 82.8 cm³/mol. The summed E-state index contributed by atoms with van der Waals surface area (Å²) < 4.78 is 0.912. The van der Waals surface area contributed by atoms with E-state index in [0.717, 1.165) is 21.4 Å². The molecule has 0 radical (unpaired) electrons. The van der Waals surface area contributed by atoms with Crippen molar-refractivity contribution in [3.8, 4) is 0 Å². The first-order chi connectivity index (χ1) is 9.11. The summed E-state index contributed by atoms with van der Waals surface area (Å²) in [6, 6.07) is 13.1. The van der Waals surface area contributed by atoms with Gasteiger partial charge in [0.2, 0.25) is 0 Å². The number of rotatable bonds is 3. The van der Waals surface area contributed by atoms with Crippen LogP contribution in [0.3, 0.4) is 0 Å². The van der Waals surface area contributed by atoms with Crippen LogP contribution in [0.15, 0.2) is 46.9 Å². The van der Waals surface area contributed by atoms with Crippen LogP contribution in [0.5, 0.6) is 0 Å². The molecular weight excluding hydrogens is 304 g/mol. The van der Waals surface area contributed by atoms with Crippen LogP contribution in [0.1, 0.15) is 15.9 Å². The van der Waals surface area contributed by atoms with Crippen LogP contribution in [0.4, 0.5) is 11.4 Å². The molecule has 0 aliphatic rings. The number of carbonyl (C=O) groups excluding carboxylic acids is 1. The third-order valence-electron chi connectivity index (χ3n) is 2.88. The van der Waals surface area contributed by atoms with Gasteiger partial charge in [0, 0.05) is 22.8 Å². The number of hydrogen-bond acceptors (Lipinski definition) is 2. The minimum Gasteiger partial charge on any atom is -0.388 e. The van der Waals surface area contributed by atoms with E-state index in [0.29, 0.717) is 5.56 Å². The first kappa shape index (κ1) is 13.6. The Labute approximate surface area is 121 Å². The first-order valence-corrected chi connectivity index (χ1v) is 6.75. The molecule has 4 heteroatoms. The highest BCUT2D eigenvalue weighted by molar-refractivity contribution is 9.10. The number of hydrogen-bond donors (Lipinski definition) is 2. The Morgan fingerprint density at radius 1 is 1.11 bits per heavy atom. The van der Waals surface area contributed by atoms with Gasteiger partial charge in [0.15, 0.2) is 0 Å². The molecule has 0 fully saturated rings. The SMILES string of the molecule is CNc1ccc(C(=O)Nc2cccc(C)c2Br)cc1. The van der Waals surface area contributed by atoms with E-state index in [2.05, 4.69) is 26.6 Å². The Kier molecular flexibility index (Phi) is 4.22. The van der Waals surface area contributed by atoms with E-state index in [4.69, 9.17) is 0 Å². The largest absolute Gasteiger partial charge is 0.388 e. The maximum absolute atomic E-state index is 12.1. The van der Waals surface area contributed by atoms with Crippen LogP contribution < -0.4 is 10.6 Å². The average Bonchev–Trinajstić information content (AvgIpc) is 2.44. The van der Waals surface area contributed by atoms with Crippen molar-refractivity contribution in [2.75, 3.05) is 17.7 Å². The van der Waals surface area contributed by atoms with Gasteiger partial charge in [-0.1, -0.05) is 12.1 Å². The fourth-order valence-electron chi connectivity index (χ4n) is 1.73. The third-order valence-corrected chi connectivity index (χ3v) is 3.93. The van der Waals surface area contributed by atoms with Crippen LogP contribution in [0, 0.1) is 6.92 Å². The average molecular weight is 319 g/mol. The van der Waals surface area contributed by atoms with Crippen LogP contribution in [-0.4, -0.2) is 13.0 Å². The Morgan fingerprint density at radius 2 is 1.79 bits per heavy atom. The second-order valence-electron chi connectivity index (χ2n) is 4.22. The lowest BCUT2D eigenvalue weighted by Gasteiger charge is -2.09. The summed E-state index contributed by atoms with van der Waals surface area (Å²) in [6.45, 7) is 1.99. The molecule has 0 spiro atoms. The maximum Gasteiger partial charge on any atom is 0.255 e. The highest BCUT2D eigenvalue weighted by Gasteiger charge is 2.09. The van der Waals surface area contributed by atoms with Crippen LogP contribution in [-0.2, 0) is 0 Å². The van der Waals surface area contributed by atoms with Gasteiger partial charge in [-0.3, -0.25) is 4.79 Å². The smallest absolute Gasteiger partial charge is 0.255 e. The van der Waals surface area contributed by atoms with Crippen molar-refractivity contribution in [2.45, 2.75) is 6.92 Å². The second kappa shape index (κ2) is 5.89. The number of aryl methyl sites for hydroxylation is 1. The van der Waals surface area contributed by atoms with E-state index in [1.807, 2.05) is 44.3 Å². The molecule has 0 heterocycles. The molecule has 0 saturated heterocycles. The summed E-state index contributed by atoms with van der Waals surface area (Å²) >= 11 is 3.48. The lowest BCUT2D eigenvalue weighted by molar-refractivity contribution is 0.102. The predicted octanol–water partition coefficient (Wildman–Crippen LogP) is 4.05. The molecule has 0 aromatic heterocycles. The van der Waals surface area contributed by atoms with E-state index in [-0.39, 0.29) is 5.91 Å². The number of carbonyl (C=O) groups is 1. The number of nitrogens with one attached hydrogen (secondary N) is 2. The number of amides is 1. The fourth-order valence-corrected chi connectivity index (χ4v) is 2.09. The summed E-state index contributed by atoms with van der Waals surface area (Å²) in [4.78, 5) is 12.1. The molecule has 2 rings (SSSR count). The van der Waals surface area contributed by atoms with Gasteiger partial charge < -0.3 is 10.6 Å². The number of benzene rings is 2. The van der Waals surface area contributed by atoms with Gasteiger partial charge in [-0.25, -0.2) is 0 Å². The van der Waals surface area contributed by atoms with Crippen LogP contribution in [0.25, 0.3) is 0 Å². The van der Waals surface area contributed by atoms with Crippen molar-refractivity contribution in [2.24, 2.45) is 0 Å². The maximum atomic E-state index is 12.1. The molecule has 98 valence electrons. The van der Waals surface area contributed by atoms with Crippen molar-refractivity contribution in [3.05, 3.63) is 58.1 Å². The van der Waals surface area contributed by atoms with E-state index in [1.54, 1.807) is 12.1 Å². The third kappa shape index (κ3) is 3.15. The lowest BCUT2D eigenvalue weighted by atomic mass is 10.1. The number of halogens is 1. The Hall–Kier alpha value is -1.81. The van der Waals surface area contributed by atoms with Crippen molar-refractivity contribution in [3.63, 3.8) is 0 Å². The van der Waals surface area contributed by atoms with Crippen LogP contribution in [0.2, 0.25) is 0 Å². The van der Waals surface area contributed by atoms with Gasteiger partial charge in [0.25, 0.3) is 5.91 Å². The van der Waals surface area contributed by atoms with Gasteiger partial charge in [-0.2, -0.15) is 0 Å². The van der Waals surface area contributed by atoms with E-state index >= 15 is 0 Å². The van der Waals surface area contributed by atoms with Crippen molar-refractivity contribution in [1.82, 2.24) is 0 Å². The first-order valence-electron chi connectivity index (χ1n) is 5.96. The molecule has 19 heavy (non-hydrogen) atoms. The summed E-state index contributed by atoms with van der Waals surface area (Å²) in [5.41, 5.74) is 3.48. The molecule has 0 aliphatic heterocycles. The lowest BCUT2D eigenvalue weighted by Crippen LogP contribution is -2.12. The van der Waals surface area contributed by atoms with Gasteiger partial charge >= 0.3 is 0 Å². The van der Waals surface area contributed by atoms with E-state index in [1.165, 1.54) is 0 Å². The van der Waals surface area contributed by atoms with Crippen molar-refractivity contribution in [1.29, 1.82) is 0 Å². The van der Waals surface area contributed by atoms with Crippen molar-refractivity contribution < 1.29 is 4.79 Å². The summed E-state index contributed by atoms with van der Waals surface area (Å²) in [5, 5.41) is 5.92. The Morgan fingerprint density at radius 3 is 2.42 bits per heavy atom. The topological polar surface area (TPSA) is 41.1 Å². The quantitative estimate of drug-likeness (QED) is 0.896. The molecule has 2 aromatic carbocycles.